The van der Waals surface area contributed by atoms with Crippen molar-refractivity contribution in [3.05, 3.63) is 0 Å². The fourth-order valence-corrected chi connectivity index (χ4v) is 2.96. The molecule has 1 unspecified atom stereocenters. The Labute approximate surface area is 153 Å². The van der Waals surface area contributed by atoms with Gasteiger partial charge in [-0.3, -0.25) is 4.90 Å². The third kappa shape index (κ3) is 9.39. The summed E-state index contributed by atoms with van der Waals surface area (Å²) in [6, 6.07) is 2.55. The predicted octanol–water partition coefficient (Wildman–Crippen LogP) is 4.57. The molecule has 0 bridgehead atoms. The highest BCUT2D eigenvalue weighted by Crippen LogP contribution is 2.16. The van der Waals surface area contributed by atoms with Crippen LogP contribution in [0.3, 0.4) is 0 Å². The van der Waals surface area contributed by atoms with Crippen LogP contribution in [0, 0.1) is 5.92 Å². The second-order valence-electron chi connectivity index (χ2n) is 8.61. The van der Waals surface area contributed by atoms with E-state index in [1.54, 1.807) is 0 Å². The van der Waals surface area contributed by atoms with Crippen molar-refractivity contribution < 1.29 is 0 Å². The summed E-state index contributed by atoms with van der Waals surface area (Å²) >= 11 is 0. The van der Waals surface area contributed by atoms with E-state index in [0.29, 0.717) is 24.2 Å². The Kier molecular flexibility index (Phi) is 12.2. The van der Waals surface area contributed by atoms with Crippen molar-refractivity contribution in [1.82, 2.24) is 14.7 Å². The van der Waals surface area contributed by atoms with Crippen LogP contribution >= 0.6 is 0 Å². The van der Waals surface area contributed by atoms with Crippen molar-refractivity contribution in [3.8, 4) is 0 Å². The van der Waals surface area contributed by atoms with Gasteiger partial charge in [-0.25, -0.2) is 0 Å². The standard InChI is InChI=1S/C21H47N3/c1-11-18(4)12-13-20(6)24(10)21(7)16-23(9)19(5)14-15-22(8)17(2)3/h17-21H,11-16H2,1-10H3/t18-,19?,20+,21-/m1/s1. The Morgan fingerprint density at radius 1 is 0.667 bits per heavy atom. The molecule has 146 valence electrons. The summed E-state index contributed by atoms with van der Waals surface area (Å²) in [6.07, 6.45) is 5.21. The zero-order valence-corrected chi connectivity index (χ0v) is 18.5. The second-order valence-corrected chi connectivity index (χ2v) is 8.61. The fourth-order valence-electron chi connectivity index (χ4n) is 2.96. The van der Waals surface area contributed by atoms with E-state index in [-0.39, 0.29) is 0 Å². The lowest BCUT2D eigenvalue weighted by atomic mass is 9.99. The second kappa shape index (κ2) is 12.3. The molecular formula is C21H47N3. The van der Waals surface area contributed by atoms with E-state index >= 15 is 0 Å². The van der Waals surface area contributed by atoms with Crippen LogP contribution in [-0.4, -0.2) is 73.1 Å². The van der Waals surface area contributed by atoms with Crippen molar-refractivity contribution in [2.24, 2.45) is 5.92 Å². The first kappa shape index (κ1) is 23.9. The first-order valence-electron chi connectivity index (χ1n) is 10.2. The number of rotatable bonds is 13. The lowest BCUT2D eigenvalue weighted by Gasteiger charge is -2.36. The fraction of sp³-hybridized carbons (Fsp3) is 1.00. The monoisotopic (exact) mass is 341 g/mol. The van der Waals surface area contributed by atoms with Crippen LogP contribution in [-0.2, 0) is 0 Å². The molecule has 3 nitrogen and oxygen atoms in total. The lowest BCUT2D eigenvalue weighted by molar-refractivity contribution is 0.120. The van der Waals surface area contributed by atoms with Crippen LogP contribution in [0.25, 0.3) is 0 Å². The summed E-state index contributed by atoms with van der Waals surface area (Å²) in [5, 5.41) is 0. The van der Waals surface area contributed by atoms with Crippen LogP contribution in [0.1, 0.15) is 74.1 Å². The Morgan fingerprint density at radius 2 is 1.25 bits per heavy atom. The number of hydrogen-bond donors (Lipinski definition) is 0. The maximum absolute atomic E-state index is 2.58. The van der Waals surface area contributed by atoms with Crippen molar-refractivity contribution >= 4 is 0 Å². The molecule has 0 aromatic carbocycles. The number of likely N-dealkylation sites (N-methyl/N-ethyl adjacent to an activating group) is 2. The van der Waals surface area contributed by atoms with Crippen molar-refractivity contribution in [2.45, 2.75) is 98.3 Å². The van der Waals surface area contributed by atoms with Crippen LogP contribution in [0.4, 0.5) is 0 Å². The Hall–Kier alpha value is -0.120. The van der Waals surface area contributed by atoms with E-state index in [0.717, 1.165) is 12.5 Å². The molecule has 0 rings (SSSR count). The topological polar surface area (TPSA) is 9.72 Å². The van der Waals surface area contributed by atoms with Gasteiger partial charge < -0.3 is 9.80 Å². The highest BCUT2D eigenvalue weighted by molar-refractivity contribution is 4.76. The summed E-state index contributed by atoms with van der Waals surface area (Å²) in [5.41, 5.74) is 0. The van der Waals surface area contributed by atoms with Crippen LogP contribution in [0.5, 0.6) is 0 Å². The molecule has 0 N–H and O–H groups in total. The summed E-state index contributed by atoms with van der Waals surface area (Å²) in [5.74, 6) is 0.858. The van der Waals surface area contributed by atoms with E-state index in [1.165, 1.54) is 32.2 Å². The smallest absolute Gasteiger partial charge is 0.0194 e. The average Bonchev–Trinajstić information content (AvgIpc) is 2.55. The maximum Gasteiger partial charge on any atom is 0.0194 e. The van der Waals surface area contributed by atoms with Gasteiger partial charge in [-0.15, -0.1) is 0 Å². The molecule has 0 aliphatic rings. The van der Waals surface area contributed by atoms with Crippen LogP contribution in [0.15, 0.2) is 0 Å². The van der Waals surface area contributed by atoms with Crippen molar-refractivity contribution in [2.75, 3.05) is 34.2 Å². The molecule has 0 fully saturated rings. The van der Waals surface area contributed by atoms with Gasteiger partial charge >= 0.3 is 0 Å². The first-order valence-corrected chi connectivity index (χ1v) is 10.2. The summed E-state index contributed by atoms with van der Waals surface area (Å²) in [7, 11) is 6.82. The largest absolute Gasteiger partial charge is 0.304 e. The molecule has 0 spiro atoms. The third-order valence-electron chi connectivity index (χ3n) is 6.25. The molecule has 0 amide bonds. The van der Waals surface area contributed by atoms with Crippen molar-refractivity contribution in [3.63, 3.8) is 0 Å². The molecule has 0 aliphatic carbocycles. The normalized spacial score (nSPS) is 17.8. The number of hydrogen-bond acceptors (Lipinski definition) is 3. The minimum atomic E-state index is 0.604. The Morgan fingerprint density at radius 3 is 1.75 bits per heavy atom. The van der Waals surface area contributed by atoms with Gasteiger partial charge in [0.05, 0.1) is 0 Å². The van der Waals surface area contributed by atoms with Gasteiger partial charge in [0.25, 0.3) is 0 Å². The Bertz CT molecular complexity index is 305. The van der Waals surface area contributed by atoms with Crippen LogP contribution < -0.4 is 0 Å². The predicted molar refractivity (Wildman–Crippen MR) is 110 cm³/mol. The van der Waals surface area contributed by atoms with E-state index < -0.39 is 0 Å². The maximum atomic E-state index is 2.58. The summed E-state index contributed by atoms with van der Waals surface area (Å²) in [4.78, 5) is 7.55. The first-order chi connectivity index (χ1) is 11.1. The molecule has 4 atom stereocenters. The molecule has 0 heterocycles. The molecule has 0 saturated heterocycles. The van der Waals surface area contributed by atoms with E-state index in [9.17, 15) is 0 Å². The minimum absolute atomic E-state index is 0.604. The zero-order chi connectivity index (χ0) is 18.9. The van der Waals surface area contributed by atoms with Gasteiger partial charge in [0, 0.05) is 30.7 Å². The molecule has 0 aromatic heterocycles. The lowest BCUT2D eigenvalue weighted by Crippen LogP contribution is -2.46. The van der Waals surface area contributed by atoms with Crippen LogP contribution in [0.2, 0.25) is 0 Å². The molecule has 24 heavy (non-hydrogen) atoms. The quantitative estimate of drug-likeness (QED) is 0.486. The van der Waals surface area contributed by atoms with Gasteiger partial charge in [-0.05, 0) is 87.5 Å². The molecule has 3 heteroatoms. The van der Waals surface area contributed by atoms with Crippen molar-refractivity contribution in [1.29, 1.82) is 0 Å². The highest BCUT2D eigenvalue weighted by Gasteiger charge is 2.20. The van der Waals surface area contributed by atoms with Gasteiger partial charge in [-0.1, -0.05) is 20.3 Å². The molecular weight excluding hydrogens is 294 g/mol. The third-order valence-corrected chi connectivity index (χ3v) is 6.25. The van der Waals surface area contributed by atoms with E-state index in [1.807, 2.05) is 0 Å². The van der Waals surface area contributed by atoms with Gasteiger partial charge in [0.1, 0.15) is 0 Å². The summed E-state index contributed by atoms with van der Waals surface area (Å²) < 4.78 is 0. The van der Waals surface area contributed by atoms with E-state index in [4.69, 9.17) is 0 Å². The zero-order valence-electron chi connectivity index (χ0n) is 18.5. The molecule has 0 aromatic rings. The van der Waals surface area contributed by atoms with E-state index in [2.05, 4.69) is 84.3 Å². The van der Waals surface area contributed by atoms with Gasteiger partial charge in [0.2, 0.25) is 0 Å². The molecule has 0 aliphatic heterocycles. The molecule has 0 radical (unpaired) electrons. The number of nitrogens with zero attached hydrogens (tertiary/aromatic N) is 3. The highest BCUT2D eigenvalue weighted by atomic mass is 15.2. The minimum Gasteiger partial charge on any atom is -0.304 e. The Balaban J connectivity index is 4.24. The molecule has 0 saturated carbocycles. The SMILES string of the molecule is CC[C@@H](C)CC[C@H](C)N(C)[C@H](C)CN(C)C(C)CCN(C)C(C)C. The average molecular weight is 342 g/mol. The summed E-state index contributed by atoms with van der Waals surface area (Å²) in [6.45, 7) is 18.7. The van der Waals surface area contributed by atoms with Gasteiger partial charge in [0.15, 0.2) is 0 Å². The van der Waals surface area contributed by atoms with Gasteiger partial charge in [-0.2, -0.15) is 0 Å².